The highest BCUT2D eigenvalue weighted by molar-refractivity contribution is 7.99. The fourth-order valence-electron chi connectivity index (χ4n) is 0.876. The highest BCUT2D eigenvalue weighted by Crippen LogP contribution is 2.06. The van der Waals surface area contributed by atoms with Gasteiger partial charge < -0.3 is 9.47 Å². The molecule has 0 aliphatic carbocycles. The zero-order valence-electron chi connectivity index (χ0n) is 9.59. The topological polar surface area (TPSA) is 52.6 Å². The van der Waals surface area contributed by atoms with Gasteiger partial charge in [-0.15, -0.1) is 0 Å². The molecule has 4 nitrogen and oxygen atoms in total. The fourth-order valence-corrected chi connectivity index (χ4v) is 1.89. The van der Waals surface area contributed by atoms with Crippen LogP contribution in [-0.4, -0.2) is 48.2 Å². The maximum atomic E-state index is 11.1. The molecule has 17 heavy (non-hydrogen) atoms. The number of hydrogen-bond donors (Lipinski definition) is 2. The Morgan fingerprint density at radius 2 is 1.29 bits per heavy atom. The van der Waals surface area contributed by atoms with Gasteiger partial charge >= 0.3 is 11.9 Å². The lowest BCUT2D eigenvalue weighted by molar-refractivity contribution is -0.143. The molecule has 7 heteroatoms. The third-order valence-electron chi connectivity index (χ3n) is 1.61. The number of esters is 2. The number of carbonyl (C=O) groups is 2. The minimum atomic E-state index is -0.218. The van der Waals surface area contributed by atoms with Crippen molar-refractivity contribution in [3.63, 3.8) is 0 Å². The SMILES string of the molecule is O=C(CCSCCC(=O)OCCS)OCCS. The molecule has 0 N–H and O–H groups in total. The largest absolute Gasteiger partial charge is 0.465 e. The first-order valence-electron chi connectivity index (χ1n) is 5.31. The highest BCUT2D eigenvalue weighted by atomic mass is 32.2. The van der Waals surface area contributed by atoms with Crippen LogP contribution in [0.4, 0.5) is 0 Å². The predicted molar refractivity (Wildman–Crippen MR) is 76.2 cm³/mol. The molecule has 0 saturated heterocycles. The number of ether oxygens (including phenoxy) is 2. The predicted octanol–water partition coefficient (Wildman–Crippen LogP) is 1.45. The monoisotopic (exact) mass is 298 g/mol. The molecule has 0 heterocycles. The quantitative estimate of drug-likeness (QED) is 0.363. The smallest absolute Gasteiger partial charge is 0.306 e. The molecule has 0 unspecified atom stereocenters. The Kier molecular flexibility index (Phi) is 12.4. The lowest BCUT2D eigenvalue weighted by Gasteiger charge is -2.03. The van der Waals surface area contributed by atoms with Crippen LogP contribution in [0.25, 0.3) is 0 Å². The van der Waals surface area contributed by atoms with Crippen molar-refractivity contribution in [3.05, 3.63) is 0 Å². The van der Waals surface area contributed by atoms with Gasteiger partial charge in [0.25, 0.3) is 0 Å². The van der Waals surface area contributed by atoms with Gasteiger partial charge in [0, 0.05) is 23.0 Å². The molecule has 0 aliphatic rings. The summed E-state index contributed by atoms with van der Waals surface area (Å²) in [4.78, 5) is 22.1. The van der Waals surface area contributed by atoms with E-state index in [2.05, 4.69) is 25.3 Å². The van der Waals surface area contributed by atoms with Crippen molar-refractivity contribution in [1.82, 2.24) is 0 Å². The lowest BCUT2D eigenvalue weighted by Crippen LogP contribution is -2.09. The molecule has 0 aromatic carbocycles. The third kappa shape index (κ3) is 12.2. The molecule has 0 saturated carbocycles. The number of thiol groups is 2. The Morgan fingerprint density at radius 3 is 1.65 bits per heavy atom. The Labute approximate surface area is 117 Å². The van der Waals surface area contributed by atoms with E-state index in [1.807, 2.05) is 0 Å². The van der Waals surface area contributed by atoms with Crippen LogP contribution in [0.15, 0.2) is 0 Å². The molecule has 0 spiro atoms. The summed E-state index contributed by atoms with van der Waals surface area (Å²) in [6.45, 7) is 0.700. The molecular weight excluding hydrogens is 280 g/mol. The van der Waals surface area contributed by atoms with Crippen LogP contribution in [0, 0.1) is 0 Å². The molecule has 100 valence electrons. The van der Waals surface area contributed by atoms with Gasteiger partial charge in [-0.05, 0) is 0 Å². The van der Waals surface area contributed by atoms with Gasteiger partial charge in [-0.1, -0.05) is 0 Å². The van der Waals surface area contributed by atoms with Crippen LogP contribution >= 0.6 is 37.0 Å². The summed E-state index contributed by atoms with van der Waals surface area (Å²) in [6, 6.07) is 0. The van der Waals surface area contributed by atoms with E-state index in [-0.39, 0.29) is 11.9 Å². The van der Waals surface area contributed by atoms with E-state index in [1.165, 1.54) is 11.8 Å². The van der Waals surface area contributed by atoms with E-state index in [0.717, 1.165) is 0 Å². The molecule has 0 bridgehead atoms. The van der Waals surface area contributed by atoms with Gasteiger partial charge in [0.05, 0.1) is 12.8 Å². The number of hydrogen-bond acceptors (Lipinski definition) is 7. The Bertz CT molecular complexity index is 202. The van der Waals surface area contributed by atoms with Gasteiger partial charge in [-0.3, -0.25) is 9.59 Å². The van der Waals surface area contributed by atoms with Crippen LogP contribution in [0.5, 0.6) is 0 Å². The summed E-state index contributed by atoms with van der Waals surface area (Å²) in [7, 11) is 0. The minimum Gasteiger partial charge on any atom is -0.465 e. The van der Waals surface area contributed by atoms with E-state index >= 15 is 0 Å². The van der Waals surface area contributed by atoms with Crippen LogP contribution in [0.3, 0.4) is 0 Å². The molecular formula is C10H18O4S3. The van der Waals surface area contributed by atoms with Gasteiger partial charge in [0.2, 0.25) is 0 Å². The number of thioether (sulfide) groups is 1. The van der Waals surface area contributed by atoms with Gasteiger partial charge in [0.15, 0.2) is 0 Å². The summed E-state index contributed by atoms with van der Waals surface area (Å²) in [5.74, 6) is 1.95. The lowest BCUT2D eigenvalue weighted by atomic mass is 10.5. The second-order valence-electron chi connectivity index (χ2n) is 3.00. The van der Waals surface area contributed by atoms with Crippen LogP contribution in [-0.2, 0) is 19.1 Å². The normalized spacial score (nSPS) is 10.0. The van der Waals surface area contributed by atoms with Crippen molar-refractivity contribution in [2.24, 2.45) is 0 Å². The first-order chi connectivity index (χ1) is 8.20. The van der Waals surface area contributed by atoms with Crippen LogP contribution < -0.4 is 0 Å². The molecule has 0 rings (SSSR count). The van der Waals surface area contributed by atoms with Crippen molar-refractivity contribution in [2.75, 3.05) is 36.2 Å². The summed E-state index contributed by atoms with van der Waals surface area (Å²) in [5, 5.41) is 0. The van der Waals surface area contributed by atoms with Crippen molar-refractivity contribution in [3.8, 4) is 0 Å². The molecule has 0 amide bonds. The molecule has 0 fully saturated rings. The average Bonchev–Trinajstić information content (AvgIpc) is 2.33. The summed E-state index contributed by atoms with van der Waals surface area (Å²) in [5.41, 5.74) is 0. The van der Waals surface area contributed by atoms with Crippen LogP contribution in [0.1, 0.15) is 12.8 Å². The molecule has 0 atom stereocenters. The maximum Gasteiger partial charge on any atom is 0.306 e. The Morgan fingerprint density at radius 1 is 0.882 bits per heavy atom. The number of rotatable bonds is 10. The van der Waals surface area contributed by atoms with Crippen LogP contribution in [0.2, 0.25) is 0 Å². The third-order valence-corrected chi connectivity index (χ3v) is 2.96. The van der Waals surface area contributed by atoms with E-state index in [9.17, 15) is 9.59 Å². The first-order valence-corrected chi connectivity index (χ1v) is 7.73. The molecule has 0 radical (unpaired) electrons. The second kappa shape index (κ2) is 12.4. The van der Waals surface area contributed by atoms with Gasteiger partial charge in [-0.25, -0.2) is 0 Å². The number of carbonyl (C=O) groups excluding carboxylic acids is 2. The summed E-state index contributed by atoms with van der Waals surface area (Å²) in [6.07, 6.45) is 0.730. The summed E-state index contributed by atoms with van der Waals surface area (Å²) >= 11 is 9.40. The Hall–Kier alpha value is -0.0100. The van der Waals surface area contributed by atoms with E-state index in [0.29, 0.717) is 49.1 Å². The van der Waals surface area contributed by atoms with E-state index in [4.69, 9.17) is 9.47 Å². The van der Waals surface area contributed by atoms with Gasteiger partial charge in [-0.2, -0.15) is 37.0 Å². The first kappa shape index (κ1) is 17.0. The standard InChI is InChI=1S/C10H18O4S3/c11-9(13-3-5-15)1-7-17-8-2-10(12)14-4-6-16/h15-16H,1-8H2. The van der Waals surface area contributed by atoms with Crippen molar-refractivity contribution < 1.29 is 19.1 Å². The molecule has 0 aromatic heterocycles. The Balaban J connectivity index is 3.28. The average molecular weight is 298 g/mol. The minimum absolute atomic E-state index is 0.218. The van der Waals surface area contributed by atoms with E-state index < -0.39 is 0 Å². The molecule has 0 aliphatic heterocycles. The second-order valence-corrected chi connectivity index (χ2v) is 5.12. The van der Waals surface area contributed by atoms with Crippen molar-refractivity contribution in [1.29, 1.82) is 0 Å². The van der Waals surface area contributed by atoms with Crippen molar-refractivity contribution in [2.45, 2.75) is 12.8 Å². The summed E-state index contributed by atoms with van der Waals surface area (Å²) < 4.78 is 9.69. The zero-order valence-corrected chi connectivity index (χ0v) is 12.2. The van der Waals surface area contributed by atoms with Crippen molar-refractivity contribution >= 4 is 49.0 Å². The fraction of sp³-hybridized carbons (Fsp3) is 0.800. The molecule has 0 aromatic rings. The zero-order chi connectivity index (χ0) is 12.9. The highest BCUT2D eigenvalue weighted by Gasteiger charge is 2.04. The van der Waals surface area contributed by atoms with E-state index in [1.54, 1.807) is 0 Å². The maximum absolute atomic E-state index is 11.1. The van der Waals surface area contributed by atoms with Gasteiger partial charge in [0.1, 0.15) is 13.2 Å².